The zero-order chi connectivity index (χ0) is 16.1. The molecule has 1 fully saturated rings. The zero-order valence-corrected chi connectivity index (χ0v) is 13.6. The summed E-state index contributed by atoms with van der Waals surface area (Å²) in [5.41, 5.74) is 1.35. The van der Waals surface area contributed by atoms with Crippen molar-refractivity contribution in [1.29, 1.82) is 0 Å². The molecule has 0 radical (unpaired) electrons. The van der Waals surface area contributed by atoms with Crippen LogP contribution in [0.2, 0.25) is 0 Å². The first kappa shape index (κ1) is 15.7. The Morgan fingerprint density at radius 3 is 2.70 bits per heavy atom. The molecular formula is C18H24N4O. The van der Waals surface area contributed by atoms with Gasteiger partial charge in [0.1, 0.15) is 6.04 Å². The third-order valence-corrected chi connectivity index (χ3v) is 4.53. The number of rotatable bonds is 5. The van der Waals surface area contributed by atoms with Crippen LogP contribution in [0, 0.1) is 0 Å². The first-order chi connectivity index (χ1) is 11.2. The molecule has 5 nitrogen and oxygen atoms in total. The smallest absolute Gasteiger partial charge is 0.243 e. The first-order valence-corrected chi connectivity index (χ1v) is 8.26. The molecule has 0 saturated carbocycles. The van der Waals surface area contributed by atoms with Crippen LogP contribution in [0.3, 0.4) is 0 Å². The van der Waals surface area contributed by atoms with E-state index in [-0.39, 0.29) is 18.0 Å². The van der Waals surface area contributed by atoms with Gasteiger partial charge in [0.15, 0.2) is 0 Å². The van der Waals surface area contributed by atoms with Gasteiger partial charge in [-0.15, -0.1) is 0 Å². The van der Waals surface area contributed by atoms with Crippen molar-refractivity contribution in [2.45, 2.75) is 38.4 Å². The van der Waals surface area contributed by atoms with Gasteiger partial charge >= 0.3 is 0 Å². The maximum atomic E-state index is 12.3. The molecule has 23 heavy (non-hydrogen) atoms. The molecule has 3 rings (SSSR count). The van der Waals surface area contributed by atoms with Crippen molar-refractivity contribution in [3.05, 3.63) is 54.6 Å². The normalized spacial score (nSPS) is 17.8. The molecule has 1 aliphatic rings. The third kappa shape index (κ3) is 4.20. The summed E-state index contributed by atoms with van der Waals surface area (Å²) < 4.78 is 1.83. The average molecular weight is 312 g/mol. The number of benzene rings is 1. The number of piperidine rings is 1. The Bertz CT molecular complexity index is 603. The Morgan fingerprint density at radius 1 is 1.30 bits per heavy atom. The van der Waals surface area contributed by atoms with E-state index in [1.54, 1.807) is 12.5 Å². The lowest BCUT2D eigenvalue weighted by Crippen LogP contribution is -2.46. The number of hydrogen-bond acceptors (Lipinski definition) is 3. The lowest BCUT2D eigenvalue weighted by Gasteiger charge is -2.33. The second-order valence-corrected chi connectivity index (χ2v) is 6.23. The van der Waals surface area contributed by atoms with Gasteiger partial charge in [0.25, 0.3) is 0 Å². The van der Waals surface area contributed by atoms with E-state index in [9.17, 15) is 4.79 Å². The lowest BCUT2D eigenvalue weighted by molar-refractivity contribution is -0.124. The van der Waals surface area contributed by atoms with E-state index in [2.05, 4.69) is 39.5 Å². The molecule has 1 aromatic heterocycles. The Balaban J connectivity index is 1.45. The van der Waals surface area contributed by atoms with Gasteiger partial charge in [-0.05, 0) is 25.3 Å². The number of carbonyl (C=O) groups is 1. The summed E-state index contributed by atoms with van der Waals surface area (Å²) in [7, 11) is 0. The number of nitrogens with one attached hydrogen (secondary N) is 1. The highest BCUT2D eigenvalue weighted by molar-refractivity contribution is 5.80. The van der Waals surface area contributed by atoms with E-state index in [0.29, 0.717) is 0 Å². The molecule has 1 N–H and O–H groups in total. The highest BCUT2D eigenvalue weighted by Gasteiger charge is 2.23. The van der Waals surface area contributed by atoms with E-state index in [1.165, 1.54) is 5.56 Å². The Morgan fingerprint density at radius 2 is 2.04 bits per heavy atom. The summed E-state index contributed by atoms with van der Waals surface area (Å²) in [6, 6.07) is 10.6. The molecule has 1 amide bonds. The molecular weight excluding hydrogens is 288 g/mol. The van der Waals surface area contributed by atoms with Crippen LogP contribution in [0.4, 0.5) is 0 Å². The molecule has 2 heterocycles. The van der Waals surface area contributed by atoms with Gasteiger partial charge in [0.05, 0.1) is 6.33 Å². The second-order valence-electron chi connectivity index (χ2n) is 6.23. The summed E-state index contributed by atoms with van der Waals surface area (Å²) in [4.78, 5) is 18.8. The fourth-order valence-electron chi connectivity index (χ4n) is 3.03. The summed E-state index contributed by atoms with van der Waals surface area (Å²) >= 11 is 0. The van der Waals surface area contributed by atoms with Crippen LogP contribution >= 0.6 is 0 Å². The van der Waals surface area contributed by atoms with Crippen molar-refractivity contribution in [2.75, 3.05) is 13.1 Å². The molecule has 1 unspecified atom stereocenters. The number of aromatic nitrogens is 2. The Kier molecular flexibility index (Phi) is 5.08. The molecule has 1 aromatic carbocycles. The Labute approximate surface area is 137 Å². The lowest BCUT2D eigenvalue weighted by atomic mass is 10.0. The minimum absolute atomic E-state index is 0.0736. The monoisotopic (exact) mass is 312 g/mol. The third-order valence-electron chi connectivity index (χ3n) is 4.53. The number of likely N-dealkylation sites (tertiary alicyclic amines) is 1. The summed E-state index contributed by atoms with van der Waals surface area (Å²) in [6.45, 7) is 4.95. The Hall–Kier alpha value is -2.14. The largest absolute Gasteiger partial charge is 0.351 e. The number of hydrogen-bond donors (Lipinski definition) is 1. The quantitative estimate of drug-likeness (QED) is 0.921. The van der Waals surface area contributed by atoms with Crippen molar-refractivity contribution < 1.29 is 4.79 Å². The molecule has 1 saturated heterocycles. The minimum atomic E-state index is -0.208. The van der Waals surface area contributed by atoms with E-state index in [0.717, 1.165) is 32.5 Å². The van der Waals surface area contributed by atoms with Crippen molar-refractivity contribution >= 4 is 5.91 Å². The number of carbonyl (C=O) groups excluding carboxylic acids is 1. The first-order valence-electron chi connectivity index (χ1n) is 8.26. The SMILES string of the molecule is CC(C(=O)NC1CCN(Cc2ccccc2)CC1)n1ccnc1. The summed E-state index contributed by atoms with van der Waals surface area (Å²) in [6.07, 6.45) is 7.23. The van der Waals surface area contributed by atoms with Crippen LogP contribution in [-0.4, -0.2) is 39.5 Å². The topological polar surface area (TPSA) is 50.2 Å². The summed E-state index contributed by atoms with van der Waals surface area (Å²) in [5.74, 6) is 0.0736. The zero-order valence-electron chi connectivity index (χ0n) is 13.6. The average Bonchev–Trinajstić information content (AvgIpc) is 3.11. The van der Waals surface area contributed by atoms with Crippen LogP contribution < -0.4 is 5.32 Å². The van der Waals surface area contributed by atoms with E-state index in [4.69, 9.17) is 0 Å². The van der Waals surface area contributed by atoms with E-state index < -0.39 is 0 Å². The minimum Gasteiger partial charge on any atom is -0.351 e. The van der Waals surface area contributed by atoms with E-state index in [1.807, 2.05) is 23.8 Å². The molecule has 2 aromatic rings. The van der Waals surface area contributed by atoms with Crippen LogP contribution in [0.15, 0.2) is 49.1 Å². The molecule has 0 spiro atoms. The predicted octanol–water partition coefficient (Wildman–Crippen LogP) is 2.22. The highest BCUT2D eigenvalue weighted by Crippen LogP contribution is 2.15. The summed E-state index contributed by atoms with van der Waals surface area (Å²) in [5, 5.41) is 3.18. The predicted molar refractivity (Wildman–Crippen MR) is 89.8 cm³/mol. The highest BCUT2D eigenvalue weighted by atomic mass is 16.2. The van der Waals surface area contributed by atoms with Crippen molar-refractivity contribution in [3.8, 4) is 0 Å². The van der Waals surface area contributed by atoms with Crippen molar-refractivity contribution in [1.82, 2.24) is 19.8 Å². The van der Waals surface area contributed by atoms with Crippen molar-refractivity contribution in [2.24, 2.45) is 0 Å². The standard InChI is InChI=1S/C18H24N4O/c1-15(22-12-9-19-14-22)18(23)20-17-7-10-21(11-8-17)13-16-5-3-2-4-6-16/h2-6,9,12,14-15,17H,7-8,10-11,13H2,1H3,(H,20,23). The van der Waals surface area contributed by atoms with Gasteiger partial charge in [-0.3, -0.25) is 9.69 Å². The van der Waals surface area contributed by atoms with Crippen LogP contribution in [0.5, 0.6) is 0 Å². The molecule has 0 bridgehead atoms. The molecule has 122 valence electrons. The van der Waals surface area contributed by atoms with Gasteiger partial charge in [-0.2, -0.15) is 0 Å². The second kappa shape index (κ2) is 7.42. The van der Waals surface area contributed by atoms with Gasteiger partial charge in [0.2, 0.25) is 5.91 Å². The van der Waals surface area contributed by atoms with Crippen LogP contribution in [-0.2, 0) is 11.3 Å². The van der Waals surface area contributed by atoms with Gasteiger partial charge in [0, 0.05) is 38.1 Å². The fourth-order valence-corrected chi connectivity index (χ4v) is 3.03. The maximum absolute atomic E-state index is 12.3. The molecule has 5 heteroatoms. The van der Waals surface area contributed by atoms with Gasteiger partial charge < -0.3 is 9.88 Å². The molecule has 1 atom stereocenters. The number of imidazole rings is 1. The van der Waals surface area contributed by atoms with Crippen molar-refractivity contribution in [3.63, 3.8) is 0 Å². The van der Waals surface area contributed by atoms with Gasteiger partial charge in [-0.1, -0.05) is 30.3 Å². The fraction of sp³-hybridized carbons (Fsp3) is 0.444. The van der Waals surface area contributed by atoms with Gasteiger partial charge in [-0.25, -0.2) is 4.98 Å². The van der Waals surface area contributed by atoms with E-state index >= 15 is 0 Å². The molecule has 1 aliphatic heterocycles. The van der Waals surface area contributed by atoms with Crippen LogP contribution in [0.25, 0.3) is 0 Å². The maximum Gasteiger partial charge on any atom is 0.243 e. The number of amides is 1. The number of nitrogens with zero attached hydrogens (tertiary/aromatic N) is 3. The van der Waals surface area contributed by atoms with Crippen LogP contribution in [0.1, 0.15) is 31.4 Å². The molecule has 0 aliphatic carbocycles.